The summed E-state index contributed by atoms with van der Waals surface area (Å²) in [6, 6.07) is 4.13. The van der Waals surface area contributed by atoms with Crippen LogP contribution in [-0.2, 0) is 14.9 Å². The Morgan fingerprint density at radius 2 is 2.06 bits per heavy atom. The van der Waals surface area contributed by atoms with Crippen LogP contribution >= 0.6 is 11.6 Å². The Bertz CT molecular complexity index is 533. The van der Waals surface area contributed by atoms with Crippen molar-refractivity contribution in [3.05, 3.63) is 23.8 Å². The van der Waals surface area contributed by atoms with Gasteiger partial charge in [-0.15, -0.1) is 11.6 Å². The van der Waals surface area contributed by atoms with Crippen LogP contribution in [0.2, 0.25) is 0 Å². The van der Waals surface area contributed by atoms with E-state index in [1.807, 2.05) is 0 Å². The van der Waals surface area contributed by atoms with E-state index >= 15 is 0 Å². The van der Waals surface area contributed by atoms with Gasteiger partial charge in [-0.3, -0.25) is 4.79 Å². The van der Waals surface area contributed by atoms with Crippen LogP contribution in [0.3, 0.4) is 0 Å². The molecule has 0 spiro atoms. The molecule has 0 saturated heterocycles. The number of carbonyl (C=O) groups is 1. The fraction of sp³-hybridized carbons (Fsp3) is 0.300. The number of hydrogen-bond donors (Lipinski definition) is 1. The topological polar surface area (TPSA) is 86.3 Å². The van der Waals surface area contributed by atoms with Crippen LogP contribution in [0.1, 0.15) is 12.0 Å². The van der Waals surface area contributed by atoms with Gasteiger partial charge in [0, 0.05) is 18.0 Å². The molecule has 0 atom stereocenters. The molecular weight excluding hydrogens is 289 g/mol. The quantitative estimate of drug-likeness (QED) is 0.415. The van der Waals surface area contributed by atoms with Crippen LogP contribution < -0.4 is 34.9 Å². The van der Waals surface area contributed by atoms with E-state index in [0.29, 0.717) is 5.56 Å². The summed E-state index contributed by atoms with van der Waals surface area (Å²) in [5, 5.41) is 2.46. The molecule has 8 heteroatoms. The number of anilines is 1. The van der Waals surface area contributed by atoms with Crippen molar-refractivity contribution in [3.63, 3.8) is 0 Å². The molecule has 1 N–H and O–H groups in total. The van der Waals surface area contributed by atoms with Gasteiger partial charge in [-0.25, -0.2) is 8.42 Å². The minimum absolute atomic E-state index is 0. The summed E-state index contributed by atoms with van der Waals surface area (Å²) in [5.74, 6) is -0.164. The summed E-state index contributed by atoms with van der Waals surface area (Å²) >= 11 is 5.38. The molecule has 0 saturated carbocycles. The minimum atomic E-state index is -4.53. The fourth-order valence-electron chi connectivity index (χ4n) is 1.26. The number of rotatable bonds is 4. The van der Waals surface area contributed by atoms with Crippen LogP contribution in [0.5, 0.6) is 0 Å². The molecule has 94 valence electrons. The first-order valence-electron chi connectivity index (χ1n) is 4.77. The molecule has 0 aromatic heterocycles. The smallest absolute Gasteiger partial charge is 0.744 e. The summed E-state index contributed by atoms with van der Waals surface area (Å²) in [6.07, 6.45) is 0.120. The summed E-state index contributed by atoms with van der Waals surface area (Å²) < 4.78 is 32.8. The monoisotopic (exact) mass is 299 g/mol. The summed E-state index contributed by atoms with van der Waals surface area (Å²) in [6.45, 7) is 1.51. The van der Waals surface area contributed by atoms with Crippen molar-refractivity contribution in [2.75, 3.05) is 11.2 Å². The molecule has 0 bridgehead atoms. The molecule has 0 fully saturated rings. The molecule has 1 aromatic carbocycles. The van der Waals surface area contributed by atoms with Crippen molar-refractivity contribution in [1.29, 1.82) is 0 Å². The number of aryl methyl sites for hydroxylation is 1. The van der Waals surface area contributed by atoms with Crippen molar-refractivity contribution in [3.8, 4) is 0 Å². The van der Waals surface area contributed by atoms with Gasteiger partial charge in [0.15, 0.2) is 0 Å². The molecule has 0 aliphatic heterocycles. The summed E-state index contributed by atoms with van der Waals surface area (Å²) in [4.78, 5) is 10.9. The van der Waals surface area contributed by atoms with Gasteiger partial charge in [-0.1, -0.05) is 6.07 Å². The average Bonchev–Trinajstić information content (AvgIpc) is 2.19. The maximum Gasteiger partial charge on any atom is 1.00 e. The second kappa shape index (κ2) is 7.47. The van der Waals surface area contributed by atoms with Crippen molar-refractivity contribution in [2.24, 2.45) is 0 Å². The number of halogens is 1. The van der Waals surface area contributed by atoms with E-state index in [9.17, 15) is 17.8 Å². The van der Waals surface area contributed by atoms with Crippen molar-refractivity contribution < 1.29 is 47.3 Å². The zero-order chi connectivity index (χ0) is 13.1. The normalized spacial score (nSPS) is 10.6. The average molecular weight is 300 g/mol. The Balaban J connectivity index is 0.00000289. The third kappa shape index (κ3) is 5.26. The van der Waals surface area contributed by atoms with E-state index in [1.165, 1.54) is 19.1 Å². The minimum Gasteiger partial charge on any atom is -0.744 e. The number of alkyl halides is 1. The van der Waals surface area contributed by atoms with Crippen LogP contribution in [0, 0.1) is 6.92 Å². The zero-order valence-electron chi connectivity index (χ0n) is 10.1. The molecule has 5 nitrogen and oxygen atoms in total. The molecule has 0 unspecified atom stereocenters. The largest absolute Gasteiger partial charge is 1.00 e. The van der Waals surface area contributed by atoms with Gasteiger partial charge >= 0.3 is 29.6 Å². The van der Waals surface area contributed by atoms with Crippen LogP contribution in [-0.4, -0.2) is 24.8 Å². The van der Waals surface area contributed by atoms with E-state index in [2.05, 4.69) is 5.32 Å². The molecule has 0 heterocycles. The van der Waals surface area contributed by atoms with Crippen LogP contribution in [0.25, 0.3) is 0 Å². The Morgan fingerprint density at radius 1 is 1.44 bits per heavy atom. The third-order valence-corrected chi connectivity index (χ3v) is 3.23. The van der Waals surface area contributed by atoms with E-state index in [4.69, 9.17) is 11.6 Å². The van der Waals surface area contributed by atoms with Gasteiger partial charge < -0.3 is 9.87 Å². The second-order valence-corrected chi connectivity index (χ2v) is 5.15. The Labute approximate surface area is 133 Å². The van der Waals surface area contributed by atoms with E-state index in [1.54, 1.807) is 0 Å². The number of benzene rings is 1. The van der Waals surface area contributed by atoms with Gasteiger partial charge in [0.2, 0.25) is 5.91 Å². The second-order valence-electron chi connectivity index (χ2n) is 3.42. The SMILES string of the molecule is Cc1ccc(NC(=O)CCCl)cc1S(=O)(=O)[O-].[Na+]. The van der Waals surface area contributed by atoms with Crippen molar-refractivity contribution in [1.82, 2.24) is 0 Å². The van der Waals surface area contributed by atoms with Gasteiger partial charge in [-0.05, 0) is 24.6 Å². The van der Waals surface area contributed by atoms with Gasteiger partial charge in [0.05, 0.1) is 4.90 Å². The van der Waals surface area contributed by atoms with E-state index in [0.717, 1.165) is 6.07 Å². The van der Waals surface area contributed by atoms with Gasteiger partial charge in [-0.2, -0.15) is 0 Å². The first kappa shape index (κ1) is 17.9. The maximum absolute atomic E-state index is 11.2. The Morgan fingerprint density at radius 3 is 2.56 bits per heavy atom. The fourth-order valence-corrected chi connectivity index (χ4v) is 2.16. The summed E-state index contributed by atoms with van der Waals surface area (Å²) in [5.41, 5.74) is 0.607. The van der Waals surface area contributed by atoms with Gasteiger partial charge in [0.25, 0.3) is 0 Å². The molecule has 18 heavy (non-hydrogen) atoms. The number of amides is 1. The molecular formula is C10H11ClNNaO4S. The van der Waals surface area contributed by atoms with E-state index in [-0.39, 0.29) is 58.3 Å². The molecule has 1 amide bonds. The summed E-state index contributed by atoms with van der Waals surface area (Å²) in [7, 11) is -4.53. The first-order chi connectivity index (χ1) is 7.84. The molecule has 1 aromatic rings. The Hall–Kier alpha value is -0.110. The molecule has 0 aliphatic carbocycles. The number of hydrogen-bond acceptors (Lipinski definition) is 4. The Kier molecular flexibility index (Phi) is 7.43. The predicted molar refractivity (Wildman–Crippen MR) is 63.1 cm³/mol. The maximum atomic E-state index is 11.2. The molecule has 0 radical (unpaired) electrons. The third-order valence-electron chi connectivity index (χ3n) is 2.06. The molecule has 1 rings (SSSR count). The van der Waals surface area contributed by atoms with Gasteiger partial charge in [0.1, 0.15) is 10.1 Å². The van der Waals surface area contributed by atoms with Crippen molar-refractivity contribution in [2.45, 2.75) is 18.2 Å². The van der Waals surface area contributed by atoms with Crippen LogP contribution in [0.15, 0.2) is 23.1 Å². The van der Waals surface area contributed by atoms with Crippen molar-refractivity contribution >= 4 is 33.3 Å². The zero-order valence-corrected chi connectivity index (χ0v) is 13.6. The molecule has 0 aliphatic rings. The van der Waals surface area contributed by atoms with E-state index < -0.39 is 10.1 Å². The predicted octanol–water partition coefficient (Wildman–Crippen LogP) is -1.53. The first-order valence-corrected chi connectivity index (χ1v) is 6.71. The standard InChI is InChI=1S/C10H12ClNO4S.Na/c1-7-2-3-8(12-10(13)4-5-11)6-9(7)17(14,15)16;/h2-3,6H,4-5H2,1H3,(H,12,13)(H,14,15,16);/q;+1/p-1. The van der Waals surface area contributed by atoms with Crippen LogP contribution in [0.4, 0.5) is 5.69 Å². The number of carbonyl (C=O) groups excluding carboxylic acids is 1. The number of nitrogens with one attached hydrogen (secondary N) is 1.